The molecule has 9 heteroatoms. The van der Waals surface area contributed by atoms with Crippen molar-refractivity contribution in [2.45, 2.75) is 116 Å². The largest absolute Gasteiger partial charge is 0.466 e. The zero-order valence-electron chi connectivity index (χ0n) is 30.6. The Bertz CT molecular complexity index is 1590. The summed E-state index contributed by atoms with van der Waals surface area (Å²) in [6.07, 6.45) is 9.04. The number of benzene rings is 3. The molecule has 3 aromatic carbocycles. The molecular weight excluding hydrogens is 640 g/mol. The summed E-state index contributed by atoms with van der Waals surface area (Å²) in [7, 11) is 0. The molecule has 2 unspecified atom stereocenters. The van der Waals surface area contributed by atoms with Crippen molar-refractivity contribution in [3.8, 4) is 0 Å². The number of amides is 4. The first-order valence-electron chi connectivity index (χ1n) is 19.2. The second kappa shape index (κ2) is 19.3. The summed E-state index contributed by atoms with van der Waals surface area (Å²) >= 11 is 0. The average molecular weight is 697 g/mol. The van der Waals surface area contributed by atoms with Crippen LogP contribution in [0.1, 0.15) is 102 Å². The highest BCUT2D eigenvalue weighted by atomic mass is 16.5. The SMILES string of the molecule is CCCCCCOC(=O)CCC(CCCCC)C[C@H]1C(=O)N(Cc2cccc3ccccc23)CC2N(C(=O)NCc3ccccc3)CCC(=O)N21. The zero-order valence-corrected chi connectivity index (χ0v) is 30.6. The van der Waals surface area contributed by atoms with E-state index in [0.29, 0.717) is 32.5 Å². The molecule has 5 rings (SSSR count). The van der Waals surface area contributed by atoms with Gasteiger partial charge >= 0.3 is 12.0 Å². The molecule has 2 saturated heterocycles. The monoisotopic (exact) mass is 696 g/mol. The molecule has 3 aromatic rings. The van der Waals surface area contributed by atoms with E-state index in [1.165, 1.54) is 0 Å². The van der Waals surface area contributed by atoms with Gasteiger partial charge in [0.25, 0.3) is 0 Å². The fourth-order valence-electron chi connectivity index (χ4n) is 7.59. The maximum Gasteiger partial charge on any atom is 0.319 e. The van der Waals surface area contributed by atoms with Crippen molar-refractivity contribution in [3.63, 3.8) is 0 Å². The standard InChI is InChI=1S/C42H56N4O5/c1-3-5-7-14-27-51-40(48)24-23-32(16-9-6-4-2)28-37-41(49)44(30-35-21-15-20-34-19-12-13-22-36(34)35)31-38-45(26-25-39(47)46(37)38)42(50)43-29-33-17-10-8-11-18-33/h8,10-13,15,17-22,32,37-38H,3-7,9,14,16,23-31H2,1-2H3,(H,43,50)/t32?,37-,38?/m0/s1. The van der Waals surface area contributed by atoms with E-state index in [-0.39, 0.29) is 55.7 Å². The Morgan fingerprint density at radius 2 is 1.61 bits per heavy atom. The van der Waals surface area contributed by atoms with Crippen LogP contribution in [0.3, 0.4) is 0 Å². The van der Waals surface area contributed by atoms with E-state index < -0.39 is 12.2 Å². The summed E-state index contributed by atoms with van der Waals surface area (Å²) in [5.41, 5.74) is 2.01. The molecule has 0 spiro atoms. The number of carbonyl (C=O) groups excluding carboxylic acids is 4. The van der Waals surface area contributed by atoms with Gasteiger partial charge in [-0.3, -0.25) is 14.4 Å². The van der Waals surface area contributed by atoms with Crippen molar-refractivity contribution >= 4 is 34.6 Å². The molecule has 51 heavy (non-hydrogen) atoms. The van der Waals surface area contributed by atoms with E-state index in [0.717, 1.165) is 73.3 Å². The maximum absolute atomic E-state index is 14.6. The summed E-state index contributed by atoms with van der Waals surface area (Å²) < 4.78 is 5.56. The lowest BCUT2D eigenvalue weighted by Gasteiger charge is -2.52. The highest BCUT2D eigenvalue weighted by Crippen LogP contribution is 2.33. The average Bonchev–Trinajstić information content (AvgIpc) is 3.15. The van der Waals surface area contributed by atoms with Gasteiger partial charge in [-0.2, -0.15) is 0 Å². The fraction of sp³-hybridized carbons (Fsp3) is 0.524. The molecule has 274 valence electrons. The number of carbonyl (C=O) groups is 4. The quantitative estimate of drug-likeness (QED) is 0.108. The maximum atomic E-state index is 14.6. The summed E-state index contributed by atoms with van der Waals surface area (Å²) in [4.78, 5) is 60.3. The van der Waals surface area contributed by atoms with Gasteiger partial charge in [0.05, 0.1) is 13.2 Å². The Morgan fingerprint density at radius 3 is 2.41 bits per heavy atom. The van der Waals surface area contributed by atoms with Gasteiger partial charge in [0.1, 0.15) is 12.2 Å². The second-order valence-electron chi connectivity index (χ2n) is 14.2. The third-order valence-corrected chi connectivity index (χ3v) is 10.4. The van der Waals surface area contributed by atoms with Gasteiger partial charge in [-0.15, -0.1) is 0 Å². The molecule has 0 bridgehead atoms. The van der Waals surface area contributed by atoms with Crippen LogP contribution in [-0.2, 0) is 32.2 Å². The van der Waals surface area contributed by atoms with Crippen molar-refractivity contribution < 1.29 is 23.9 Å². The number of nitrogens with one attached hydrogen (secondary N) is 1. The minimum atomic E-state index is -0.729. The number of unbranched alkanes of at least 4 members (excludes halogenated alkanes) is 5. The van der Waals surface area contributed by atoms with E-state index in [4.69, 9.17) is 4.74 Å². The molecule has 0 radical (unpaired) electrons. The molecule has 9 nitrogen and oxygen atoms in total. The number of hydrogen-bond donors (Lipinski definition) is 1. The van der Waals surface area contributed by atoms with Crippen LogP contribution in [0.15, 0.2) is 72.8 Å². The number of piperazine rings is 1. The number of hydrogen-bond acceptors (Lipinski definition) is 5. The Balaban J connectivity index is 1.38. The topological polar surface area (TPSA) is 99.3 Å². The Hall–Kier alpha value is -4.40. The molecule has 3 atom stereocenters. The number of ether oxygens (including phenoxy) is 1. The predicted molar refractivity (Wildman–Crippen MR) is 200 cm³/mol. The van der Waals surface area contributed by atoms with Crippen molar-refractivity contribution in [2.75, 3.05) is 19.7 Å². The molecule has 2 fully saturated rings. The summed E-state index contributed by atoms with van der Waals surface area (Å²) in [5, 5.41) is 5.24. The van der Waals surface area contributed by atoms with Crippen LogP contribution >= 0.6 is 0 Å². The third-order valence-electron chi connectivity index (χ3n) is 10.4. The van der Waals surface area contributed by atoms with Gasteiger partial charge in [0.2, 0.25) is 11.8 Å². The van der Waals surface area contributed by atoms with Gasteiger partial charge in [-0.25, -0.2) is 4.79 Å². The van der Waals surface area contributed by atoms with Crippen LogP contribution < -0.4 is 5.32 Å². The van der Waals surface area contributed by atoms with Crippen molar-refractivity contribution in [2.24, 2.45) is 5.92 Å². The van der Waals surface area contributed by atoms with Crippen LogP contribution in [0.4, 0.5) is 4.79 Å². The van der Waals surface area contributed by atoms with Crippen molar-refractivity contribution in [3.05, 3.63) is 83.9 Å². The lowest BCUT2D eigenvalue weighted by molar-refractivity contribution is -0.168. The highest BCUT2D eigenvalue weighted by molar-refractivity contribution is 5.92. The zero-order chi connectivity index (χ0) is 36.0. The molecular formula is C42H56N4O5. The number of rotatable bonds is 18. The van der Waals surface area contributed by atoms with Gasteiger partial charge < -0.3 is 24.8 Å². The van der Waals surface area contributed by atoms with E-state index >= 15 is 0 Å². The molecule has 1 N–H and O–H groups in total. The van der Waals surface area contributed by atoms with Crippen LogP contribution in [0.2, 0.25) is 0 Å². The normalized spacial score (nSPS) is 18.1. The summed E-state index contributed by atoms with van der Waals surface area (Å²) in [6.45, 7) is 6.02. The first-order chi connectivity index (χ1) is 24.9. The van der Waals surface area contributed by atoms with Crippen molar-refractivity contribution in [1.29, 1.82) is 0 Å². The predicted octanol–water partition coefficient (Wildman–Crippen LogP) is 7.81. The highest BCUT2D eigenvalue weighted by Gasteiger charge is 2.49. The molecule has 2 aliphatic heterocycles. The smallest absolute Gasteiger partial charge is 0.319 e. The number of urea groups is 1. The first-order valence-corrected chi connectivity index (χ1v) is 19.2. The van der Waals surface area contributed by atoms with Gasteiger partial charge in [-0.05, 0) is 47.1 Å². The molecule has 2 aliphatic rings. The molecule has 0 aromatic heterocycles. The third kappa shape index (κ3) is 10.3. The first kappa shape index (κ1) is 37.8. The lowest BCUT2D eigenvalue weighted by Crippen LogP contribution is -2.72. The lowest BCUT2D eigenvalue weighted by atomic mass is 9.87. The van der Waals surface area contributed by atoms with E-state index in [2.05, 4.69) is 43.4 Å². The van der Waals surface area contributed by atoms with Crippen molar-refractivity contribution in [1.82, 2.24) is 20.0 Å². The minimum absolute atomic E-state index is 0.0476. The summed E-state index contributed by atoms with van der Waals surface area (Å²) in [5.74, 6) is -0.355. The van der Waals surface area contributed by atoms with Gasteiger partial charge in [0.15, 0.2) is 0 Å². The van der Waals surface area contributed by atoms with E-state index in [1.807, 2.05) is 53.4 Å². The van der Waals surface area contributed by atoms with Crippen LogP contribution in [0.5, 0.6) is 0 Å². The molecule has 4 amide bonds. The second-order valence-corrected chi connectivity index (χ2v) is 14.2. The Kier molecular flexibility index (Phi) is 14.3. The van der Waals surface area contributed by atoms with E-state index in [1.54, 1.807) is 9.80 Å². The Morgan fingerprint density at radius 1 is 0.863 bits per heavy atom. The van der Waals surface area contributed by atoms with Crippen LogP contribution in [-0.4, -0.2) is 70.4 Å². The van der Waals surface area contributed by atoms with Gasteiger partial charge in [0, 0.05) is 32.5 Å². The number of nitrogens with zero attached hydrogens (tertiary/aromatic N) is 3. The minimum Gasteiger partial charge on any atom is -0.466 e. The molecule has 0 saturated carbocycles. The fourth-order valence-corrected chi connectivity index (χ4v) is 7.59. The van der Waals surface area contributed by atoms with Gasteiger partial charge in [-0.1, -0.05) is 132 Å². The number of fused-ring (bicyclic) bond motifs is 2. The molecule has 0 aliphatic carbocycles. The number of esters is 1. The summed E-state index contributed by atoms with van der Waals surface area (Å²) in [6, 6.07) is 23.1. The van der Waals surface area contributed by atoms with Crippen LogP contribution in [0, 0.1) is 5.92 Å². The van der Waals surface area contributed by atoms with E-state index in [9.17, 15) is 19.2 Å². The van der Waals surface area contributed by atoms with Crippen LogP contribution in [0.25, 0.3) is 10.8 Å². The Labute approximate surface area is 303 Å². The molecule has 2 heterocycles.